The van der Waals surface area contributed by atoms with Crippen LogP contribution in [0.4, 0.5) is 4.79 Å². The molecule has 2 aromatic rings. The van der Waals surface area contributed by atoms with Crippen molar-refractivity contribution in [3.63, 3.8) is 0 Å². The van der Waals surface area contributed by atoms with E-state index in [0.717, 1.165) is 5.01 Å². The molecule has 0 bridgehead atoms. The summed E-state index contributed by atoms with van der Waals surface area (Å²) in [6, 6.07) is 6.99. The standard InChI is InChI=1S/C14H15N3O3S/c18-13(19)12(10-4-2-1-3-5-10)17-14(20)16-7-6-11-15-8-9-21-11/h1-5,8-9,12H,6-7H2,(H,18,19)(H2,16,17,20)/t12-/m0/s1. The molecule has 1 heterocycles. The maximum atomic E-state index is 11.8. The van der Waals surface area contributed by atoms with Crippen molar-refractivity contribution in [3.05, 3.63) is 52.5 Å². The summed E-state index contributed by atoms with van der Waals surface area (Å²) in [6.45, 7) is 0.403. The number of carboxylic acid groups (broad SMARTS) is 1. The number of carboxylic acids is 1. The monoisotopic (exact) mass is 305 g/mol. The fourth-order valence-corrected chi connectivity index (χ4v) is 2.40. The lowest BCUT2D eigenvalue weighted by molar-refractivity contribution is -0.139. The van der Waals surface area contributed by atoms with Gasteiger partial charge < -0.3 is 15.7 Å². The zero-order chi connectivity index (χ0) is 15.1. The number of nitrogens with zero attached hydrogens (tertiary/aromatic N) is 1. The number of aromatic nitrogens is 1. The largest absolute Gasteiger partial charge is 0.479 e. The number of thiazole rings is 1. The van der Waals surface area contributed by atoms with Gasteiger partial charge in [-0.05, 0) is 5.56 Å². The fraction of sp³-hybridized carbons (Fsp3) is 0.214. The molecule has 6 nitrogen and oxygen atoms in total. The number of hydrogen-bond acceptors (Lipinski definition) is 4. The van der Waals surface area contributed by atoms with Crippen molar-refractivity contribution >= 4 is 23.3 Å². The lowest BCUT2D eigenvalue weighted by Gasteiger charge is -2.15. The number of amides is 2. The highest BCUT2D eigenvalue weighted by molar-refractivity contribution is 7.09. The van der Waals surface area contributed by atoms with Crippen molar-refractivity contribution < 1.29 is 14.7 Å². The first-order valence-corrected chi connectivity index (χ1v) is 7.25. The molecule has 110 valence electrons. The van der Waals surface area contributed by atoms with Crippen molar-refractivity contribution in [2.75, 3.05) is 6.54 Å². The average molecular weight is 305 g/mol. The van der Waals surface area contributed by atoms with E-state index in [1.165, 1.54) is 11.3 Å². The number of carbonyl (C=O) groups is 2. The zero-order valence-corrected chi connectivity index (χ0v) is 12.0. The molecule has 0 saturated heterocycles. The highest BCUT2D eigenvalue weighted by atomic mass is 32.1. The maximum absolute atomic E-state index is 11.8. The van der Waals surface area contributed by atoms with Gasteiger partial charge in [-0.2, -0.15) is 0 Å². The van der Waals surface area contributed by atoms with Crippen LogP contribution in [0, 0.1) is 0 Å². The Hall–Kier alpha value is -2.41. The van der Waals surface area contributed by atoms with E-state index >= 15 is 0 Å². The van der Waals surface area contributed by atoms with Crippen LogP contribution in [0.15, 0.2) is 41.9 Å². The second-order valence-corrected chi connectivity index (χ2v) is 5.24. The minimum atomic E-state index is -1.10. The van der Waals surface area contributed by atoms with Gasteiger partial charge in [-0.15, -0.1) is 11.3 Å². The van der Waals surface area contributed by atoms with Crippen LogP contribution in [-0.4, -0.2) is 28.6 Å². The summed E-state index contributed by atoms with van der Waals surface area (Å²) in [6.07, 6.45) is 2.32. The van der Waals surface area contributed by atoms with E-state index in [0.29, 0.717) is 18.5 Å². The van der Waals surface area contributed by atoms with Gasteiger partial charge in [0, 0.05) is 24.5 Å². The van der Waals surface area contributed by atoms with Crippen LogP contribution in [0.25, 0.3) is 0 Å². The number of hydrogen-bond donors (Lipinski definition) is 3. The second kappa shape index (κ2) is 7.39. The Morgan fingerprint density at radius 3 is 2.67 bits per heavy atom. The molecule has 2 rings (SSSR count). The van der Waals surface area contributed by atoms with Gasteiger partial charge in [0.05, 0.1) is 5.01 Å². The molecule has 0 aliphatic heterocycles. The molecule has 7 heteroatoms. The van der Waals surface area contributed by atoms with Gasteiger partial charge in [0.2, 0.25) is 0 Å². The summed E-state index contributed by atoms with van der Waals surface area (Å²) < 4.78 is 0. The topological polar surface area (TPSA) is 91.3 Å². The Balaban J connectivity index is 1.85. The molecule has 3 N–H and O–H groups in total. The molecule has 1 aromatic carbocycles. The fourth-order valence-electron chi connectivity index (χ4n) is 1.77. The molecule has 0 saturated carbocycles. The van der Waals surface area contributed by atoms with Gasteiger partial charge in [0.15, 0.2) is 6.04 Å². The van der Waals surface area contributed by atoms with Crippen molar-refractivity contribution in [1.29, 1.82) is 0 Å². The van der Waals surface area contributed by atoms with Crippen LogP contribution in [0.2, 0.25) is 0 Å². The molecule has 1 aromatic heterocycles. The van der Waals surface area contributed by atoms with Gasteiger partial charge >= 0.3 is 12.0 Å². The third-order valence-corrected chi connectivity index (χ3v) is 3.60. The van der Waals surface area contributed by atoms with Gasteiger partial charge in [0.1, 0.15) is 0 Å². The van der Waals surface area contributed by atoms with Crippen LogP contribution < -0.4 is 10.6 Å². The van der Waals surface area contributed by atoms with E-state index in [1.807, 2.05) is 5.38 Å². The quantitative estimate of drug-likeness (QED) is 0.759. The first kappa shape index (κ1) is 15.0. The number of benzene rings is 1. The smallest absolute Gasteiger partial charge is 0.330 e. The SMILES string of the molecule is O=C(NCCc1nccs1)N[C@H](C(=O)O)c1ccccc1. The van der Waals surface area contributed by atoms with E-state index in [9.17, 15) is 14.7 Å². The van der Waals surface area contributed by atoms with Crippen LogP contribution in [0.1, 0.15) is 16.6 Å². The van der Waals surface area contributed by atoms with E-state index in [4.69, 9.17) is 0 Å². The highest BCUT2D eigenvalue weighted by Gasteiger charge is 2.21. The summed E-state index contributed by atoms with van der Waals surface area (Å²) in [7, 11) is 0. The summed E-state index contributed by atoms with van der Waals surface area (Å²) in [5.41, 5.74) is 0.528. The molecular formula is C14H15N3O3S. The molecule has 0 aliphatic carbocycles. The van der Waals surface area contributed by atoms with Crippen LogP contribution in [0.5, 0.6) is 0 Å². The minimum Gasteiger partial charge on any atom is -0.479 e. The van der Waals surface area contributed by atoms with Crippen LogP contribution >= 0.6 is 11.3 Å². The van der Waals surface area contributed by atoms with E-state index in [-0.39, 0.29) is 0 Å². The van der Waals surface area contributed by atoms with Crippen molar-refractivity contribution in [1.82, 2.24) is 15.6 Å². The third-order valence-electron chi connectivity index (χ3n) is 2.76. The van der Waals surface area contributed by atoms with E-state index in [2.05, 4.69) is 15.6 Å². The summed E-state index contributed by atoms with van der Waals surface area (Å²) in [4.78, 5) is 27.1. The van der Waals surface area contributed by atoms with Crippen LogP contribution in [0.3, 0.4) is 0 Å². The van der Waals surface area contributed by atoms with Gasteiger partial charge in [0.25, 0.3) is 0 Å². The Morgan fingerprint density at radius 2 is 2.05 bits per heavy atom. The summed E-state index contributed by atoms with van der Waals surface area (Å²) in [5, 5.41) is 17.1. The van der Waals surface area contributed by atoms with Gasteiger partial charge in [-0.1, -0.05) is 30.3 Å². The zero-order valence-electron chi connectivity index (χ0n) is 11.2. The first-order valence-electron chi connectivity index (χ1n) is 6.37. The molecule has 0 spiro atoms. The van der Waals surface area contributed by atoms with E-state index in [1.54, 1.807) is 36.5 Å². The number of carbonyl (C=O) groups excluding carboxylic acids is 1. The summed E-state index contributed by atoms with van der Waals surface area (Å²) in [5.74, 6) is -1.10. The lowest BCUT2D eigenvalue weighted by atomic mass is 10.1. The van der Waals surface area contributed by atoms with E-state index < -0.39 is 18.0 Å². The Labute approximate surface area is 125 Å². The number of rotatable bonds is 6. The predicted molar refractivity (Wildman–Crippen MR) is 79.2 cm³/mol. The minimum absolute atomic E-state index is 0.403. The molecule has 0 fully saturated rings. The van der Waals surface area contributed by atoms with Crippen LogP contribution in [-0.2, 0) is 11.2 Å². The van der Waals surface area contributed by atoms with Crippen molar-refractivity contribution in [3.8, 4) is 0 Å². The molecule has 1 atom stereocenters. The van der Waals surface area contributed by atoms with Crippen molar-refractivity contribution in [2.24, 2.45) is 0 Å². The molecule has 0 unspecified atom stereocenters. The maximum Gasteiger partial charge on any atom is 0.330 e. The molecule has 0 aliphatic rings. The average Bonchev–Trinajstić information content (AvgIpc) is 2.98. The lowest BCUT2D eigenvalue weighted by Crippen LogP contribution is -2.41. The Kier molecular flexibility index (Phi) is 5.28. The van der Waals surface area contributed by atoms with Gasteiger partial charge in [-0.3, -0.25) is 0 Å². The number of aliphatic carboxylic acids is 1. The molecule has 21 heavy (non-hydrogen) atoms. The highest BCUT2D eigenvalue weighted by Crippen LogP contribution is 2.12. The third kappa shape index (κ3) is 4.57. The molecule has 0 radical (unpaired) electrons. The number of urea groups is 1. The van der Waals surface area contributed by atoms with Crippen molar-refractivity contribution in [2.45, 2.75) is 12.5 Å². The molecular weight excluding hydrogens is 290 g/mol. The Morgan fingerprint density at radius 1 is 1.29 bits per heavy atom. The second-order valence-electron chi connectivity index (χ2n) is 4.26. The Bertz CT molecular complexity index is 587. The first-order chi connectivity index (χ1) is 10.2. The molecule has 2 amide bonds. The normalized spacial score (nSPS) is 11.6. The number of nitrogens with one attached hydrogen (secondary N) is 2. The predicted octanol–water partition coefficient (Wildman–Crippen LogP) is 1.81. The van der Waals surface area contributed by atoms with Gasteiger partial charge in [-0.25, -0.2) is 14.6 Å². The summed E-state index contributed by atoms with van der Waals surface area (Å²) >= 11 is 1.51.